The van der Waals surface area contributed by atoms with Gasteiger partial charge < -0.3 is 9.32 Å². The van der Waals surface area contributed by atoms with Crippen LogP contribution in [0, 0.1) is 11.8 Å². The first-order chi connectivity index (χ1) is 18.0. The zero-order chi connectivity index (χ0) is 27.4. The lowest BCUT2D eigenvalue weighted by Crippen LogP contribution is -2.55. The molecule has 8 nitrogen and oxygen atoms in total. The molecule has 206 valence electrons. The maximum atomic E-state index is 14.4. The Morgan fingerprint density at radius 2 is 1.89 bits per heavy atom. The van der Waals surface area contributed by atoms with Crippen LogP contribution in [0.4, 0.5) is 0 Å². The molecule has 1 aliphatic rings. The van der Waals surface area contributed by atoms with Crippen molar-refractivity contribution >= 4 is 55.0 Å². The number of carbonyl (C=O) groups is 1. The number of aromatic nitrogens is 1. The molecule has 0 fully saturated rings. The number of sulfonamides is 1. The Morgan fingerprint density at radius 3 is 2.50 bits per heavy atom. The number of rotatable bonds is 12. The normalized spacial score (nSPS) is 17.1. The van der Waals surface area contributed by atoms with Gasteiger partial charge in [-0.1, -0.05) is 27.7 Å². The molecule has 1 aromatic carbocycles. The van der Waals surface area contributed by atoms with E-state index < -0.39 is 16.1 Å². The fourth-order valence-corrected chi connectivity index (χ4v) is 7.74. The monoisotopic (exact) mass is 576 g/mol. The van der Waals surface area contributed by atoms with Gasteiger partial charge in [-0.05, 0) is 43.0 Å². The summed E-state index contributed by atoms with van der Waals surface area (Å²) in [6.45, 7) is 11.4. The molecule has 0 radical (unpaired) electrons. The van der Waals surface area contributed by atoms with Crippen LogP contribution >= 0.6 is 23.1 Å². The number of thioether (sulfide) groups is 1. The third kappa shape index (κ3) is 6.86. The molecule has 3 aromatic rings. The number of aliphatic imine (C=N–C) groups is 1. The van der Waals surface area contributed by atoms with Crippen LogP contribution in [0.25, 0.3) is 11.0 Å². The van der Waals surface area contributed by atoms with Gasteiger partial charge in [-0.25, -0.2) is 13.4 Å². The summed E-state index contributed by atoms with van der Waals surface area (Å²) in [5, 5.41) is 3.50. The van der Waals surface area contributed by atoms with Gasteiger partial charge in [-0.3, -0.25) is 9.79 Å². The minimum atomic E-state index is -4.07. The van der Waals surface area contributed by atoms with Gasteiger partial charge in [0, 0.05) is 42.6 Å². The third-order valence-electron chi connectivity index (χ3n) is 6.27. The molecule has 11 heteroatoms. The second-order valence-electron chi connectivity index (χ2n) is 10.5. The molecule has 3 heterocycles. The molecule has 0 saturated heterocycles. The van der Waals surface area contributed by atoms with Crippen molar-refractivity contribution in [3.05, 3.63) is 47.1 Å². The van der Waals surface area contributed by atoms with E-state index in [-0.39, 0.29) is 41.6 Å². The molecule has 38 heavy (non-hydrogen) atoms. The number of hydrogen-bond acceptors (Lipinski definition) is 8. The molecule has 2 aromatic heterocycles. The van der Waals surface area contributed by atoms with E-state index in [9.17, 15) is 13.2 Å². The lowest BCUT2D eigenvalue weighted by Gasteiger charge is -2.36. The van der Waals surface area contributed by atoms with Crippen LogP contribution in [-0.2, 0) is 21.2 Å². The smallest absolute Gasteiger partial charge is 0.243 e. The van der Waals surface area contributed by atoms with Gasteiger partial charge >= 0.3 is 0 Å². The maximum Gasteiger partial charge on any atom is 0.243 e. The van der Waals surface area contributed by atoms with Crippen molar-refractivity contribution in [2.75, 3.05) is 25.4 Å². The topological polar surface area (TPSA) is 96.1 Å². The lowest BCUT2D eigenvalue weighted by atomic mass is 10.1. The van der Waals surface area contributed by atoms with Gasteiger partial charge in [-0.2, -0.15) is 4.31 Å². The molecule has 1 unspecified atom stereocenters. The van der Waals surface area contributed by atoms with E-state index >= 15 is 0 Å². The van der Waals surface area contributed by atoms with E-state index in [1.54, 1.807) is 41.5 Å². The van der Waals surface area contributed by atoms with Crippen molar-refractivity contribution in [1.82, 2.24) is 14.2 Å². The van der Waals surface area contributed by atoms with E-state index in [4.69, 9.17) is 4.42 Å². The quantitative estimate of drug-likeness (QED) is 0.295. The van der Waals surface area contributed by atoms with Crippen LogP contribution in [-0.4, -0.2) is 71.0 Å². The first-order valence-corrected chi connectivity index (χ1v) is 16.2. The highest BCUT2D eigenvalue weighted by atomic mass is 32.2. The van der Waals surface area contributed by atoms with Crippen LogP contribution in [0.2, 0.25) is 0 Å². The van der Waals surface area contributed by atoms with Gasteiger partial charge in [-0.15, -0.1) is 23.1 Å². The predicted molar refractivity (Wildman–Crippen MR) is 155 cm³/mol. The van der Waals surface area contributed by atoms with E-state index in [2.05, 4.69) is 37.7 Å². The zero-order valence-electron chi connectivity index (χ0n) is 22.5. The molecule has 0 bridgehead atoms. The Kier molecular flexibility index (Phi) is 9.33. The van der Waals surface area contributed by atoms with Crippen molar-refractivity contribution in [1.29, 1.82) is 0 Å². The molecular formula is C27H36N4O4S3. The Balaban J connectivity index is 1.80. The van der Waals surface area contributed by atoms with Gasteiger partial charge in [0.15, 0.2) is 0 Å². The number of furan rings is 1. The van der Waals surface area contributed by atoms with E-state index in [1.807, 2.05) is 17.2 Å². The van der Waals surface area contributed by atoms with Crippen molar-refractivity contribution in [2.45, 2.75) is 58.0 Å². The minimum absolute atomic E-state index is 0.119. The molecule has 0 saturated carbocycles. The van der Waals surface area contributed by atoms with Crippen LogP contribution in [0.5, 0.6) is 0 Å². The summed E-state index contributed by atoms with van der Waals surface area (Å²) in [5.41, 5.74) is 3.02. The van der Waals surface area contributed by atoms with Gasteiger partial charge in [0.05, 0.1) is 33.4 Å². The van der Waals surface area contributed by atoms with Crippen molar-refractivity contribution in [2.24, 2.45) is 16.8 Å². The summed E-state index contributed by atoms with van der Waals surface area (Å²) in [7, 11) is -4.07. The largest absolute Gasteiger partial charge is 0.464 e. The van der Waals surface area contributed by atoms with Crippen LogP contribution in [0.1, 0.15) is 40.3 Å². The number of thiazole rings is 1. The van der Waals surface area contributed by atoms with E-state index in [0.717, 1.165) is 5.04 Å². The highest BCUT2D eigenvalue weighted by Gasteiger charge is 2.40. The fourth-order valence-electron chi connectivity index (χ4n) is 4.68. The van der Waals surface area contributed by atoms with Crippen LogP contribution in [0.15, 0.2) is 55.7 Å². The van der Waals surface area contributed by atoms with Gasteiger partial charge in [0.2, 0.25) is 15.9 Å². The predicted octanol–water partition coefficient (Wildman–Crippen LogP) is 5.17. The Hall–Kier alpha value is -2.21. The number of hydrogen-bond donors (Lipinski definition) is 0. The zero-order valence-corrected chi connectivity index (χ0v) is 25.0. The molecule has 1 aliphatic heterocycles. The second-order valence-corrected chi connectivity index (χ2v) is 14.4. The molecule has 0 aliphatic carbocycles. The molecule has 0 N–H and O–H groups in total. The molecular weight excluding hydrogens is 541 g/mol. The summed E-state index contributed by atoms with van der Waals surface area (Å²) in [6.07, 6.45) is 1.74. The second kappa shape index (κ2) is 12.3. The number of fused-ring (bicyclic) bond motifs is 1. The summed E-state index contributed by atoms with van der Waals surface area (Å²) < 4.78 is 35.5. The van der Waals surface area contributed by atoms with Crippen molar-refractivity contribution in [3.63, 3.8) is 0 Å². The SMILES string of the molecule is CC1=NC(CN([C@@H](Cc2cscn2)C(=O)N(CC(C)C)CC(C)C)S(=O)(=O)c2ccc3occc3c2)CS1. The highest BCUT2D eigenvalue weighted by molar-refractivity contribution is 8.14. The Labute approximate surface area is 233 Å². The Morgan fingerprint density at radius 1 is 1.16 bits per heavy atom. The molecule has 2 atom stereocenters. The van der Waals surface area contributed by atoms with E-state index in [1.165, 1.54) is 21.9 Å². The number of carbonyl (C=O) groups excluding carboxylic acids is 1. The third-order valence-corrected chi connectivity index (χ3v) is 9.85. The van der Waals surface area contributed by atoms with Crippen molar-refractivity contribution in [3.8, 4) is 0 Å². The number of benzene rings is 1. The Bertz CT molecular complexity index is 1360. The first kappa shape index (κ1) is 28.8. The molecule has 0 spiro atoms. The van der Waals surface area contributed by atoms with Crippen LogP contribution < -0.4 is 0 Å². The average molecular weight is 577 g/mol. The maximum absolute atomic E-state index is 14.4. The minimum Gasteiger partial charge on any atom is -0.464 e. The molecule has 4 rings (SSSR count). The summed E-state index contributed by atoms with van der Waals surface area (Å²) in [4.78, 5) is 25.4. The van der Waals surface area contributed by atoms with E-state index in [0.29, 0.717) is 35.5 Å². The fraction of sp³-hybridized carbons (Fsp3) is 0.519. The summed E-state index contributed by atoms with van der Waals surface area (Å²) in [6, 6.07) is 5.39. The number of amides is 1. The standard InChI is InChI=1S/C27H36N4O4S3/c1-18(2)12-30(13-19(3)4)27(32)25(11-22-15-36-17-28-22)31(14-23-16-37-20(5)29-23)38(33,34)24-6-7-26-21(10-24)8-9-35-26/h6-10,15,17-19,23,25H,11-14,16H2,1-5H3/t23?,25-/m0/s1. The summed E-state index contributed by atoms with van der Waals surface area (Å²) in [5.74, 6) is 0.965. The van der Waals surface area contributed by atoms with Gasteiger partial charge in [0.25, 0.3) is 0 Å². The number of nitrogens with zero attached hydrogens (tertiary/aromatic N) is 4. The van der Waals surface area contributed by atoms with Gasteiger partial charge in [0.1, 0.15) is 11.6 Å². The molecule has 1 amide bonds. The van der Waals surface area contributed by atoms with Crippen LogP contribution in [0.3, 0.4) is 0 Å². The average Bonchev–Trinajstić information content (AvgIpc) is 3.61. The first-order valence-electron chi connectivity index (χ1n) is 12.9. The summed E-state index contributed by atoms with van der Waals surface area (Å²) >= 11 is 3.05. The van der Waals surface area contributed by atoms with Crippen molar-refractivity contribution < 1.29 is 17.6 Å². The lowest BCUT2D eigenvalue weighted by molar-refractivity contribution is -0.136. The highest BCUT2D eigenvalue weighted by Crippen LogP contribution is 2.28.